The highest BCUT2D eigenvalue weighted by Gasteiger charge is 2.35. The summed E-state index contributed by atoms with van der Waals surface area (Å²) in [4.78, 5) is 0. The van der Waals surface area contributed by atoms with E-state index in [-0.39, 0.29) is 23.3 Å². The van der Waals surface area contributed by atoms with Gasteiger partial charge in [-0.3, -0.25) is 0 Å². The molecule has 2 N–H and O–H groups in total. The Morgan fingerprint density at radius 3 is 2.06 bits per heavy atom. The predicted octanol–water partition coefficient (Wildman–Crippen LogP) is 4.20. The smallest absolute Gasteiger partial charge is 0.416 e. The fourth-order valence-electron chi connectivity index (χ4n) is 1.84. The van der Waals surface area contributed by atoms with Gasteiger partial charge in [-0.25, -0.2) is 0 Å². The Morgan fingerprint density at radius 1 is 1.11 bits per heavy atom. The van der Waals surface area contributed by atoms with Crippen LogP contribution < -0.4 is 10.5 Å². The molecular weight excluding hydrogens is 243 g/mol. The number of ether oxygens (including phenoxy) is 1. The van der Waals surface area contributed by atoms with Gasteiger partial charge in [0.25, 0.3) is 0 Å². The number of benzene rings is 1. The quantitative estimate of drug-likeness (QED) is 0.828. The number of alkyl halides is 3. The van der Waals surface area contributed by atoms with Crippen molar-refractivity contribution in [1.82, 2.24) is 0 Å². The van der Waals surface area contributed by atoms with E-state index in [9.17, 15) is 13.2 Å². The van der Waals surface area contributed by atoms with Crippen molar-refractivity contribution in [2.75, 3.05) is 5.73 Å². The van der Waals surface area contributed by atoms with Crippen LogP contribution in [-0.2, 0) is 6.18 Å². The molecule has 0 heterocycles. The lowest BCUT2D eigenvalue weighted by Gasteiger charge is -2.21. The molecule has 0 amide bonds. The molecule has 0 spiro atoms. The molecule has 1 aromatic rings. The van der Waals surface area contributed by atoms with Crippen molar-refractivity contribution in [1.29, 1.82) is 0 Å². The molecule has 0 saturated carbocycles. The van der Waals surface area contributed by atoms with Crippen LogP contribution in [0.15, 0.2) is 12.1 Å². The monoisotopic (exact) mass is 261 g/mol. The van der Waals surface area contributed by atoms with E-state index in [0.717, 1.165) is 6.07 Å². The number of halogens is 3. The number of rotatable bonds is 3. The van der Waals surface area contributed by atoms with E-state index in [4.69, 9.17) is 10.5 Å². The summed E-state index contributed by atoms with van der Waals surface area (Å²) in [6.45, 7) is 6.96. The summed E-state index contributed by atoms with van der Waals surface area (Å²) in [6, 6.07) is 2.31. The topological polar surface area (TPSA) is 35.2 Å². The Labute approximate surface area is 105 Å². The minimum Gasteiger partial charge on any atom is -0.489 e. The number of nitrogen functional groups attached to an aromatic ring is 1. The van der Waals surface area contributed by atoms with Crippen LogP contribution in [0.1, 0.15) is 44.7 Å². The molecule has 5 heteroatoms. The van der Waals surface area contributed by atoms with Crippen molar-refractivity contribution in [2.45, 2.75) is 45.9 Å². The molecule has 1 rings (SSSR count). The van der Waals surface area contributed by atoms with Crippen molar-refractivity contribution < 1.29 is 17.9 Å². The third-order valence-corrected chi connectivity index (χ3v) is 2.49. The molecule has 0 fully saturated rings. The van der Waals surface area contributed by atoms with Gasteiger partial charge in [0, 0.05) is 0 Å². The van der Waals surface area contributed by atoms with Gasteiger partial charge in [0.05, 0.1) is 17.4 Å². The zero-order valence-corrected chi connectivity index (χ0v) is 10.9. The summed E-state index contributed by atoms with van der Waals surface area (Å²) in [5.74, 6) is -0.0148. The molecular formula is C13H18F3NO. The first kappa shape index (κ1) is 14.7. The van der Waals surface area contributed by atoms with E-state index in [1.807, 2.05) is 0 Å². The van der Waals surface area contributed by atoms with Gasteiger partial charge in [0.2, 0.25) is 0 Å². The van der Waals surface area contributed by atoms with Gasteiger partial charge in [-0.2, -0.15) is 13.2 Å². The minimum atomic E-state index is -4.40. The van der Waals surface area contributed by atoms with Gasteiger partial charge in [0.1, 0.15) is 5.75 Å². The highest BCUT2D eigenvalue weighted by molar-refractivity contribution is 5.63. The lowest BCUT2D eigenvalue weighted by atomic mass is 9.94. The number of hydrogen-bond donors (Lipinski definition) is 1. The Bertz CT molecular complexity index is 425. The molecule has 0 bridgehead atoms. The van der Waals surface area contributed by atoms with Gasteiger partial charge in [-0.1, -0.05) is 13.8 Å². The van der Waals surface area contributed by atoms with Crippen LogP contribution in [0.2, 0.25) is 0 Å². The molecule has 2 nitrogen and oxygen atoms in total. The van der Waals surface area contributed by atoms with Gasteiger partial charge >= 0.3 is 6.18 Å². The molecule has 0 aromatic heterocycles. The summed E-state index contributed by atoms with van der Waals surface area (Å²) in [5, 5.41) is 0. The first-order valence-corrected chi connectivity index (χ1v) is 5.80. The zero-order chi connectivity index (χ0) is 14.1. The molecule has 0 aliphatic carbocycles. The van der Waals surface area contributed by atoms with Crippen LogP contribution in [-0.4, -0.2) is 6.10 Å². The standard InChI is InChI=1S/C13H18F3NO/c1-7(2)11-9(13(14,15)16)5-6-10(12(11)17)18-8(3)4/h5-8H,17H2,1-4H3. The zero-order valence-electron chi connectivity index (χ0n) is 10.9. The molecule has 0 atom stereocenters. The maximum Gasteiger partial charge on any atom is 0.416 e. The maximum atomic E-state index is 12.9. The first-order chi connectivity index (χ1) is 8.14. The second kappa shape index (κ2) is 5.08. The summed E-state index contributed by atoms with van der Waals surface area (Å²) in [6.07, 6.45) is -4.53. The van der Waals surface area contributed by atoms with Gasteiger partial charge in [-0.05, 0) is 37.5 Å². The van der Waals surface area contributed by atoms with Gasteiger partial charge in [0.15, 0.2) is 0 Å². The van der Waals surface area contributed by atoms with Crippen molar-refractivity contribution in [3.63, 3.8) is 0 Å². The molecule has 0 radical (unpaired) electrons. The molecule has 18 heavy (non-hydrogen) atoms. The third kappa shape index (κ3) is 3.09. The first-order valence-electron chi connectivity index (χ1n) is 5.80. The van der Waals surface area contributed by atoms with Crippen LogP contribution in [0, 0.1) is 0 Å². The van der Waals surface area contributed by atoms with Crippen molar-refractivity contribution in [3.8, 4) is 5.75 Å². The number of nitrogens with two attached hydrogens (primary N) is 1. The van der Waals surface area contributed by atoms with Crippen molar-refractivity contribution in [3.05, 3.63) is 23.3 Å². The molecule has 102 valence electrons. The second-order valence-corrected chi connectivity index (χ2v) is 4.76. The third-order valence-electron chi connectivity index (χ3n) is 2.49. The molecule has 0 unspecified atom stereocenters. The Balaban J connectivity index is 3.38. The van der Waals surface area contributed by atoms with E-state index in [1.54, 1.807) is 27.7 Å². The lowest BCUT2D eigenvalue weighted by Crippen LogP contribution is -2.15. The van der Waals surface area contributed by atoms with E-state index in [2.05, 4.69) is 0 Å². The Kier molecular flexibility index (Phi) is 4.14. The normalized spacial score (nSPS) is 12.3. The van der Waals surface area contributed by atoms with E-state index < -0.39 is 11.7 Å². The molecule has 0 saturated heterocycles. The molecule has 0 aliphatic rings. The summed E-state index contributed by atoms with van der Waals surface area (Å²) >= 11 is 0. The second-order valence-electron chi connectivity index (χ2n) is 4.76. The summed E-state index contributed by atoms with van der Waals surface area (Å²) in [7, 11) is 0. The molecule has 0 aliphatic heterocycles. The van der Waals surface area contributed by atoms with E-state index in [0.29, 0.717) is 5.75 Å². The fraction of sp³-hybridized carbons (Fsp3) is 0.538. The van der Waals surface area contributed by atoms with Crippen LogP contribution >= 0.6 is 0 Å². The Morgan fingerprint density at radius 2 is 1.67 bits per heavy atom. The van der Waals surface area contributed by atoms with E-state index >= 15 is 0 Å². The number of anilines is 1. The van der Waals surface area contributed by atoms with Crippen LogP contribution in [0.4, 0.5) is 18.9 Å². The van der Waals surface area contributed by atoms with Gasteiger partial charge in [-0.15, -0.1) is 0 Å². The minimum absolute atomic E-state index is 0.0773. The van der Waals surface area contributed by atoms with Crippen LogP contribution in [0.3, 0.4) is 0 Å². The molecule has 1 aromatic carbocycles. The highest BCUT2D eigenvalue weighted by Crippen LogP contribution is 2.41. The fourth-order valence-corrected chi connectivity index (χ4v) is 1.84. The largest absolute Gasteiger partial charge is 0.489 e. The summed E-state index contributed by atoms with van der Waals surface area (Å²) in [5.41, 5.74) is 5.29. The highest BCUT2D eigenvalue weighted by atomic mass is 19.4. The maximum absolute atomic E-state index is 12.9. The van der Waals surface area contributed by atoms with Crippen molar-refractivity contribution in [2.24, 2.45) is 0 Å². The lowest BCUT2D eigenvalue weighted by molar-refractivity contribution is -0.138. The van der Waals surface area contributed by atoms with Crippen molar-refractivity contribution >= 4 is 5.69 Å². The average Bonchev–Trinajstić information content (AvgIpc) is 2.17. The Hall–Kier alpha value is -1.39. The SMILES string of the molecule is CC(C)Oc1ccc(C(F)(F)F)c(C(C)C)c1N. The van der Waals surface area contributed by atoms with Crippen LogP contribution in [0.25, 0.3) is 0 Å². The van der Waals surface area contributed by atoms with Gasteiger partial charge < -0.3 is 10.5 Å². The number of hydrogen-bond acceptors (Lipinski definition) is 2. The van der Waals surface area contributed by atoms with E-state index in [1.165, 1.54) is 6.07 Å². The predicted molar refractivity (Wildman–Crippen MR) is 65.7 cm³/mol. The van der Waals surface area contributed by atoms with Crippen LogP contribution in [0.5, 0.6) is 5.75 Å². The summed E-state index contributed by atoms with van der Waals surface area (Å²) < 4.78 is 44.1. The average molecular weight is 261 g/mol.